The van der Waals surface area contributed by atoms with Gasteiger partial charge in [-0.2, -0.15) is 0 Å². The lowest BCUT2D eigenvalue weighted by Gasteiger charge is -2.38. The molecule has 0 aliphatic heterocycles. The number of carbonyl (C=O) groups excluding carboxylic acids is 1. The van der Waals surface area contributed by atoms with Crippen LogP contribution in [0, 0.1) is 0 Å². The van der Waals surface area contributed by atoms with Crippen LogP contribution in [0.2, 0.25) is 5.02 Å². The van der Waals surface area contributed by atoms with E-state index in [4.69, 9.17) is 16.3 Å². The summed E-state index contributed by atoms with van der Waals surface area (Å²) in [4.78, 5) is 13.8. The Kier molecular flexibility index (Phi) is 5.30. The van der Waals surface area contributed by atoms with Gasteiger partial charge >= 0.3 is 6.09 Å². The number of ether oxygens (including phenoxy) is 1. The van der Waals surface area contributed by atoms with Crippen LogP contribution in [0.5, 0.6) is 0 Å². The van der Waals surface area contributed by atoms with Gasteiger partial charge in [0.1, 0.15) is 5.60 Å². The second kappa shape index (κ2) is 6.87. The Morgan fingerprint density at radius 2 is 1.91 bits per heavy atom. The Hall–Kier alpha value is -1.62. The summed E-state index contributed by atoms with van der Waals surface area (Å²) in [6, 6.07) is 6.30. The Morgan fingerprint density at radius 1 is 1.26 bits per heavy atom. The summed E-state index contributed by atoms with van der Waals surface area (Å²) in [6.45, 7) is 5.58. The van der Waals surface area contributed by atoms with E-state index in [9.17, 15) is 4.79 Å². The highest BCUT2D eigenvalue weighted by Crippen LogP contribution is 2.32. The van der Waals surface area contributed by atoms with Gasteiger partial charge in [0, 0.05) is 31.2 Å². The third-order valence-corrected chi connectivity index (χ3v) is 3.89. The van der Waals surface area contributed by atoms with E-state index in [-0.39, 0.29) is 12.1 Å². The van der Waals surface area contributed by atoms with E-state index in [1.54, 1.807) is 0 Å². The SMILES string of the molecule is CN(C)c1ccc(Cl)cc1NC1CC(NC(=O)OC(C)(C)C)C1. The molecule has 0 heterocycles. The minimum absolute atomic E-state index is 0.157. The average Bonchev–Trinajstić information content (AvgIpc) is 2.33. The van der Waals surface area contributed by atoms with Crippen molar-refractivity contribution in [3.05, 3.63) is 23.2 Å². The number of hydrogen-bond acceptors (Lipinski definition) is 4. The molecule has 128 valence electrons. The molecule has 1 saturated carbocycles. The summed E-state index contributed by atoms with van der Waals surface area (Å²) in [5, 5.41) is 7.11. The van der Waals surface area contributed by atoms with Crippen LogP contribution in [0.1, 0.15) is 33.6 Å². The van der Waals surface area contributed by atoms with Crippen LogP contribution in [0.15, 0.2) is 18.2 Å². The summed E-state index contributed by atoms with van der Waals surface area (Å²) in [5.74, 6) is 0. The normalized spacial score (nSPS) is 20.4. The third-order valence-electron chi connectivity index (χ3n) is 3.66. The van der Waals surface area contributed by atoms with E-state index in [0.717, 1.165) is 24.2 Å². The van der Waals surface area contributed by atoms with E-state index in [2.05, 4.69) is 10.6 Å². The minimum atomic E-state index is -0.465. The first-order chi connectivity index (χ1) is 10.6. The summed E-state index contributed by atoms with van der Waals surface area (Å²) in [6.07, 6.45) is 1.40. The molecular weight excluding hydrogens is 314 g/mol. The number of nitrogens with zero attached hydrogens (tertiary/aromatic N) is 1. The number of carbonyl (C=O) groups is 1. The average molecular weight is 340 g/mol. The summed E-state index contributed by atoms with van der Waals surface area (Å²) < 4.78 is 5.27. The maximum Gasteiger partial charge on any atom is 0.407 e. The monoisotopic (exact) mass is 339 g/mol. The molecule has 0 saturated heterocycles. The van der Waals surface area contributed by atoms with Crippen molar-refractivity contribution >= 4 is 29.1 Å². The number of hydrogen-bond donors (Lipinski definition) is 2. The van der Waals surface area contributed by atoms with E-state index >= 15 is 0 Å². The van der Waals surface area contributed by atoms with Crippen LogP contribution >= 0.6 is 11.6 Å². The highest BCUT2D eigenvalue weighted by Gasteiger charge is 2.32. The fourth-order valence-corrected chi connectivity index (χ4v) is 2.73. The molecule has 0 aromatic heterocycles. The number of alkyl carbamates (subject to hydrolysis) is 1. The zero-order valence-electron chi connectivity index (χ0n) is 14.4. The molecule has 6 heteroatoms. The van der Waals surface area contributed by atoms with Gasteiger partial charge in [-0.1, -0.05) is 11.6 Å². The van der Waals surface area contributed by atoms with Crippen LogP contribution in [0.3, 0.4) is 0 Å². The molecular formula is C17H26ClN3O2. The van der Waals surface area contributed by atoms with Gasteiger partial charge in [0.15, 0.2) is 0 Å². The van der Waals surface area contributed by atoms with Crippen LogP contribution in [-0.4, -0.2) is 37.9 Å². The Morgan fingerprint density at radius 3 is 2.48 bits per heavy atom. The van der Waals surface area contributed by atoms with Gasteiger partial charge < -0.3 is 20.3 Å². The number of halogens is 1. The molecule has 1 aromatic rings. The molecule has 0 bridgehead atoms. The lowest BCUT2D eigenvalue weighted by Crippen LogP contribution is -2.50. The second-order valence-electron chi connectivity index (χ2n) is 7.21. The Labute approximate surface area is 143 Å². The first kappa shape index (κ1) is 17.7. The van der Waals surface area contributed by atoms with Crippen molar-refractivity contribution in [2.75, 3.05) is 24.3 Å². The predicted molar refractivity (Wildman–Crippen MR) is 95.6 cm³/mol. The first-order valence-corrected chi connectivity index (χ1v) is 8.25. The van der Waals surface area contributed by atoms with Gasteiger partial charge in [-0.25, -0.2) is 4.79 Å². The predicted octanol–water partition coefficient (Wildman–Crippen LogP) is 3.87. The van der Waals surface area contributed by atoms with Crippen LogP contribution in [0.4, 0.5) is 16.2 Å². The van der Waals surface area contributed by atoms with E-state index < -0.39 is 5.60 Å². The molecule has 1 aliphatic carbocycles. The first-order valence-electron chi connectivity index (χ1n) is 7.87. The van der Waals surface area contributed by atoms with Gasteiger partial charge in [0.05, 0.1) is 11.4 Å². The minimum Gasteiger partial charge on any atom is -0.444 e. The largest absolute Gasteiger partial charge is 0.444 e. The highest BCUT2D eigenvalue weighted by atomic mass is 35.5. The van der Waals surface area contributed by atoms with Crippen molar-refractivity contribution in [1.29, 1.82) is 0 Å². The van der Waals surface area contributed by atoms with Crippen molar-refractivity contribution in [2.45, 2.75) is 51.3 Å². The second-order valence-corrected chi connectivity index (χ2v) is 7.65. The molecule has 5 nitrogen and oxygen atoms in total. The third kappa shape index (κ3) is 5.20. The van der Waals surface area contributed by atoms with Crippen LogP contribution in [0.25, 0.3) is 0 Å². The molecule has 0 spiro atoms. The highest BCUT2D eigenvalue weighted by molar-refractivity contribution is 6.31. The van der Waals surface area contributed by atoms with Crippen molar-refractivity contribution < 1.29 is 9.53 Å². The summed E-state index contributed by atoms with van der Waals surface area (Å²) >= 11 is 6.09. The number of benzene rings is 1. The molecule has 2 N–H and O–H groups in total. The van der Waals surface area contributed by atoms with Crippen LogP contribution in [-0.2, 0) is 4.74 Å². The van der Waals surface area contributed by atoms with E-state index in [0.29, 0.717) is 11.1 Å². The van der Waals surface area contributed by atoms with Crippen molar-refractivity contribution in [2.24, 2.45) is 0 Å². The number of anilines is 2. The molecule has 1 amide bonds. The Balaban J connectivity index is 1.85. The smallest absolute Gasteiger partial charge is 0.407 e. The maximum atomic E-state index is 11.7. The maximum absolute atomic E-state index is 11.7. The zero-order chi connectivity index (χ0) is 17.2. The van der Waals surface area contributed by atoms with Gasteiger partial charge in [-0.15, -0.1) is 0 Å². The van der Waals surface area contributed by atoms with Crippen molar-refractivity contribution in [1.82, 2.24) is 5.32 Å². The van der Waals surface area contributed by atoms with Crippen molar-refractivity contribution in [3.8, 4) is 0 Å². The number of amides is 1. The molecule has 23 heavy (non-hydrogen) atoms. The molecule has 0 radical (unpaired) electrons. The Bertz CT molecular complexity index is 563. The molecule has 1 aliphatic rings. The summed E-state index contributed by atoms with van der Waals surface area (Å²) in [7, 11) is 4.00. The topological polar surface area (TPSA) is 53.6 Å². The summed E-state index contributed by atoms with van der Waals surface area (Å²) in [5.41, 5.74) is 1.65. The molecule has 0 unspecified atom stereocenters. The fraction of sp³-hybridized carbons (Fsp3) is 0.588. The number of nitrogens with one attached hydrogen (secondary N) is 2. The van der Waals surface area contributed by atoms with Crippen LogP contribution < -0.4 is 15.5 Å². The zero-order valence-corrected chi connectivity index (χ0v) is 15.2. The quantitative estimate of drug-likeness (QED) is 0.874. The van der Waals surface area contributed by atoms with Gasteiger partial charge in [0.2, 0.25) is 0 Å². The lowest BCUT2D eigenvalue weighted by molar-refractivity contribution is 0.0475. The molecule has 2 rings (SSSR count). The van der Waals surface area contributed by atoms with E-state index in [1.807, 2.05) is 58.0 Å². The standard InChI is InChI=1S/C17H26ClN3O2/c1-17(2,3)23-16(22)20-13-9-12(10-13)19-14-8-11(18)6-7-15(14)21(4)5/h6-8,12-13,19H,9-10H2,1-5H3,(H,20,22). The molecule has 0 atom stereocenters. The van der Waals surface area contributed by atoms with Gasteiger partial charge in [-0.05, 0) is 51.8 Å². The molecule has 1 fully saturated rings. The van der Waals surface area contributed by atoms with Gasteiger partial charge in [0.25, 0.3) is 0 Å². The number of rotatable bonds is 4. The lowest BCUT2D eigenvalue weighted by atomic mass is 9.86. The van der Waals surface area contributed by atoms with E-state index in [1.165, 1.54) is 0 Å². The molecule has 1 aromatic carbocycles. The van der Waals surface area contributed by atoms with Crippen molar-refractivity contribution in [3.63, 3.8) is 0 Å². The fourth-order valence-electron chi connectivity index (χ4n) is 2.56. The van der Waals surface area contributed by atoms with Gasteiger partial charge in [-0.3, -0.25) is 0 Å².